The van der Waals surface area contributed by atoms with Gasteiger partial charge in [-0.05, 0) is 43.4 Å². The summed E-state index contributed by atoms with van der Waals surface area (Å²) in [5, 5.41) is 30.4. The molecule has 0 unspecified atom stereocenters. The van der Waals surface area contributed by atoms with Crippen LogP contribution in [-0.2, 0) is 10.2 Å². The minimum absolute atomic E-state index is 0.0564. The minimum atomic E-state index is -1.15. The Morgan fingerprint density at radius 3 is 2.50 bits per heavy atom. The predicted octanol–water partition coefficient (Wildman–Crippen LogP) is 2.71. The normalized spacial score (nSPS) is 21.4. The molecule has 4 atom stereocenters. The average molecular weight is 555 g/mol. The van der Waals surface area contributed by atoms with Gasteiger partial charge in [0.1, 0.15) is 30.2 Å². The first-order valence-electron chi connectivity index (χ1n) is 13.8. The fourth-order valence-electron chi connectivity index (χ4n) is 4.84. The Kier molecular flexibility index (Phi) is 9.24. The van der Waals surface area contributed by atoms with E-state index in [4.69, 9.17) is 4.74 Å². The van der Waals surface area contributed by atoms with Crippen LogP contribution in [0.15, 0.2) is 36.9 Å². The third-order valence-corrected chi connectivity index (χ3v) is 7.27. The Balaban J connectivity index is 1.28. The molecule has 2 aromatic heterocycles. The van der Waals surface area contributed by atoms with E-state index in [0.717, 1.165) is 5.69 Å². The largest absolute Gasteiger partial charge is 0.387 e. The smallest absolute Gasteiger partial charge is 0.319 e. The quantitative estimate of drug-likeness (QED) is 0.238. The molecule has 0 radical (unpaired) electrons. The van der Waals surface area contributed by atoms with E-state index in [1.165, 1.54) is 11.9 Å². The molecule has 12 nitrogen and oxygen atoms in total. The third-order valence-electron chi connectivity index (χ3n) is 7.27. The number of ether oxygens (including phenoxy) is 1. The highest BCUT2D eigenvalue weighted by molar-refractivity contribution is 5.89. The maximum atomic E-state index is 12.4. The highest BCUT2D eigenvalue weighted by Crippen LogP contribution is 2.33. The van der Waals surface area contributed by atoms with Gasteiger partial charge in [-0.25, -0.2) is 19.7 Å². The average Bonchev–Trinajstić information content (AvgIpc) is 3.46. The van der Waals surface area contributed by atoms with Gasteiger partial charge in [-0.2, -0.15) is 0 Å². The van der Waals surface area contributed by atoms with Crippen LogP contribution >= 0.6 is 0 Å². The van der Waals surface area contributed by atoms with Crippen LogP contribution in [0.25, 0.3) is 11.2 Å². The molecule has 4 rings (SSSR count). The molecule has 40 heavy (non-hydrogen) atoms. The van der Waals surface area contributed by atoms with Gasteiger partial charge < -0.3 is 30.9 Å². The summed E-state index contributed by atoms with van der Waals surface area (Å²) < 4.78 is 7.78. The first-order valence-corrected chi connectivity index (χ1v) is 13.8. The van der Waals surface area contributed by atoms with Crippen LogP contribution in [0, 0.1) is 0 Å². The summed E-state index contributed by atoms with van der Waals surface area (Å²) in [6, 6.07) is 7.79. The number of imidazole rings is 1. The Labute approximate surface area is 235 Å². The van der Waals surface area contributed by atoms with Crippen LogP contribution in [0.4, 0.5) is 16.3 Å². The van der Waals surface area contributed by atoms with Gasteiger partial charge in [-0.15, -0.1) is 0 Å². The SMILES string of the molecule is CNc1ncnc2c1ncn2[C@@H]1O[C@H](CN(CCCNC(=O)Nc2ccc(C(C)(C)C)cc2)C(C)C)[C@@H](O)[C@H]1O. The van der Waals surface area contributed by atoms with Crippen molar-refractivity contribution >= 4 is 28.7 Å². The number of aliphatic hydroxyl groups excluding tert-OH is 2. The summed E-state index contributed by atoms with van der Waals surface area (Å²) in [5.74, 6) is 0.569. The van der Waals surface area contributed by atoms with Crippen LogP contribution < -0.4 is 16.0 Å². The summed E-state index contributed by atoms with van der Waals surface area (Å²) >= 11 is 0. The number of nitrogens with one attached hydrogen (secondary N) is 3. The molecule has 5 N–H and O–H groups in total. The van der Waals surface area contributed by atoms with Gasteiger partial charge >= 0.3 is 6.03 Å². The van der Waals surface area contributed by atoms with E-state index in [9.17, 15) is 15.0 Å². The Morgan fingerprint density at radius 1 is 1.12 bits per heavy atom. The minimum Gasteiger partial charge on any atom is -0.387 e. The monoisotopic (exact) mass is 554 g/mol. The second-order valence-corrected chi connectivity index (χ2v) is 11.5. The molecule has 1 aromatic carbocycles. The van der Waals surface area contributed by atoms with Gasteiger partial charge in [-0.1, -0.05) is 32.9 Å². The van der Waals surface area contributed by atoms with Crippen molar-refractivity contribution in [2.45, 2.75) is 77.0 Å². The lowest BCUT2D eigenvalue weighted by Crippen LogP contribution is -2.44. The maximum Gasteiger partial charge on any atom is 0.319 e. The standard InChI is InChI=1S/C28H42N8O4/c1-17(2)35(13-7-12-30-27(39)34-19-10-8-18(9-11-19)28(3,4)5)14-20-22(37)23(38)26(40-20)36-16-33-21-24(29-6)31-15-32-25(21)36/h8-11,15-17,20,22-23,26,37-38H,7,12-14H2,1-6H3,(H,29,31,32)(H2,30,34,39)/t20-,22-,23-,26-/m1/s1. The number of fused-ring (bicyclic) bond motifs is 1. The lowest BCUT2D eigenvalue weighted by Gasteiger charge is -2.30. The maximum absolute atomic E-state index is 12.4. The molecule has 0 aliphatic carbocycles. The fraction of sp³-hybridized carbons (Fsp3) is 0.571. The summed E-state index contributed by atoms with van der Waals surface area (Å²) in [6.45, 7) is 12.2. The summed E-state index contributed by atoms with van der Waals surface area (Å²) in [5.41, 5.74) is 3.07. The molecule has 1 aliphatic rings. The fourth-order valence-corrected chi connectivity index (χ4v) is 4.84. The molecule has 1 aliphatic heterocycles. The molecule has 1 saturated heterocycles. The van der Waals surface area contributed by atoms with E-state index in [1.54, 1.807) is 17.9 Å². The van der Waals surface area contributed by atoms with Crippen molar-refractivity contribution in [2.75, 3.05) is 37.3 Å². The van der Waals surface area contributed by atoms with Crippen molar-refractivity contribution in [3.8, 4) is 0 Å². The Bertz CT molecular complexity index is 1270. The number of aromatic nitrogens is 4. The predicted molar refractivity (Wildman–Crippen MR) is 154 cm³/mol. The van der Waals surface area contributed by atoms with Crippen molar-refractivity contribution < 1.29 is 19.7 Å². The van der Waals surface area contributed by atoms with Crippen molar-refractivity contribution in [1.82, 2.24) is 29.7 Å². The summed E-state index contributed by atoms with van der Waals surface area (Å²) in [6.07, 6.45) is -0.00787. The van der Waals surface area contributed by atoms with Crippen molar-refractivity contribution in [3.63, 3.8) is 0 Å². The lowest BCUT2D eigenvalue weighted by molar-refractivity contribution is -0.0468. The number of benzene rings is 1. The Morgan fingerprint density at radius 2 is 1.85 bits per heavy atom. The molecular formula is C28H42N8O4. The van der Waals surface area contributed by atoms with Crippen LogP contribution in [0.1, 0.15) is 52.8 Å². The van der Waals surface area contributed by atoms with Gasteiger partial charge in [0.2, 0.25) is 0 Å². The highest BCUT2D eigenvalue weighted by Gasteiger charge is 2.45. The van der Waals surface area contributed by atoms with Gasteiger partial charge in [0.05, 0.1) is 6.33 Å². The number of amides is 2. The van der Waals surface area contributed by atoms with Gasteiger partial charge in [-0.3, -0.25) is 9.47 Å². The van der Waals surface area contributed by atoms with Crippen molar-refractivity contribution in [3.05, 3.63) is 42.5 Å². The highest BCUT2D eigenvalue weighted by atomic mass is 16.6. The van der Waals surface area contributed by atoms with Gasteiger partial charge in [0.15, 0.2) is 17.7 Å². The molecule has 0 spiro atoms. The first kappa shape index (κ1) is 29.7. The number of carbonyl (C=O) groups excluding carboxylic acids is 1. The van der Waals surface area contributed by atoms with Crippen LogP contribution in [-0.4, -0.2) is 91.7 Å². The zero-order valence-corrected chi connectivity index (χ0v) is 24.1. The lowest BCUT2D eigenvalue weighted by atomic mass is 9.87. The van der Waals surface area contributed by atoms with E-state index >= 15 is 0 Å². The number of aliphatic hydroxyl groups is 2. The molecule has 0 saturated carbocycles. The van der Waals surface area contributed by atoms with Gasteiger partial charge in [0.25, 0.3) is 0 Å². The zero-order valence-electron chi connectivity index (χ0n) is 24.1. The van der Waals surface area contributed by atoms with E-state index in [1.807, 2.05) is 24.3 Å². The second kappa shape index (κ2) is 12.5. The number of nitrogens with zero attached hydrogens (tertiary/aromatic N) is 5. The van der Waals surface area contributed by atoms with E-state index < -0.39 is 24.5 Å². The van der Waals surface area contributed by atoms with E-state index in [2.05, 4.69) is 70.4 Å². The zero-order chi connectivity index (χ0) is 29.0. The molecule has 1 fully saturated rings. The first-order chi connectivity index (χ1) is 19.0. The molecule has 2 amide bonds. The number of rotatable bonds is 10. The van der Waals surface area contributed by atoms with Crippen molar-refractivity contribution in [2.24, 2.45) is 0 Å². The van der Waals surface area contributed by atoms with E-state index in [-0.39, 0.29) is 17.5 Å². The number of hydrogen-bond acceptors (Lipinski definition) is 9. The third kappa shape index (κ3) is 6.69. The number of anilines is 2. The summed E-state index contributed by atoms with van der Waals surface area (Å²) in [7, 11) is 1.75. The molecule has 3 aromatic rings. The number of carbonyl (C=O) groups is 1. The molecule has 218 valence electrons. The van der Waals surface area contributed by atoms with Crippen LogP contribution in [0.3, 0.4) is 0 Å². The Hall–Kier alpha value is -3.32. The van der Waals surface area contributed by atoms with Crippen molar-refractivity contribution in [1.29, 1.82) is 0 Å². The molecule has 3 heterocycles. The molecule has 12 heteroatoms. The van der Waals surface area contributed by atoms with Crippen LogP contribution in [0.2, 0.25) is 0 Å². The van der Waals surface area contributed by atoms with Gasteiger partial charge in [0, 0.05) is 38.4 Å². The van der Waals surface area contributed by atoms with E-state index in [0.29, 0.717) is 43.0 Å². The number of hydrogen-bond donors (Lipinski definition) is 5. The summed E-state index contributed by atoms with van der Waals surface area (Å²) in [4.78, 5) is 27.4. The molecule has 0 bridgehead atoms. The number of urea groups is 1. The van der Waals surface area contributed by atoms with Crippen LogP contribution in [0.5, 0.6) is 0 Å². The second-order valence-electron chi connectivity index (χ2n) is 11.5. The topological polar surface area (TPSA) is 150 Å². The molecular weight excluding hydrogens is 512 g/mol.